The van der Waals surface area contributed by atoms with Crippen molar-refractivity contribution in [3.05, 3.63) is 29.3 Å². The molecule has 0 amide bonds. The Bertz CT molecular complexity index is 558. The van der Waals surface area contributed by atoms with Crippen molar-refractivity contribution in [2.45, 2.75) is 13.0 Å². The first-order chi connectivity index (χ1) is 8.75. The lowest BCUT2D eigenvalue weighted by Gasteiger charge is -2.19. The Balaban J connectivity index is 2.05. The minimum Gasteiger partial charge on any atom is -0.346 e. The van der Waals surface area contributed by atoms with E-state index in [0.29, 0.717) is 0 Å². The van der Waals surface area contributed by atoms with Gasteiger partial charge in [-0.05, 0) is 24.1 Å². The lowest BCUT2D eigenvalue weighted by molar-refractivity contribution is 0.644. The fraction of sp³-hybridized carbons (Fsp3) is 0.385. The highest BCUT2D eigenvalue weighted by atomic mass is 15.3. The molecular weight excluding hydrogens is 226 g/mol. The Labute approximate surface area is 106 Å². The number of aromatic nitrogens is 3. The summed E-state index contributed by atoms with van der Waals surface area (Å²) in [6, 6.07) is 6.37. The summed E-state index contributed by atoms with van der Waals surface area (Å²) in [5.74, 6) is 1.58. The maximum absolute atomic E-state index is 4.53. The van der Waals surface area contributed by atoms with Gasteiger partial charge in [0.05, 0.1) is 0 Å². The van der Waals surface area contributed by atoms with Crippen molar-refractivity contribution in [3.63, 3.8) is 0 Å². The third kappa shape index (κ3) is 1.86. The summed E-state index contributed by atoms with van der Waals surface area (Å²) < 4.78 is 0. The molecule has 5 nitrogen and oxygen atoms in total. The Morgan fingerprint density at radius 2 is 2.17 bits per heavy atom. The number of hydrogen-bond donors (Lipinski definition) is 2. The van der Waals surface area contributed by atoms with E-state index in [4.69, 9.17) is 0 Å². The Morgan fingerprint density at radius 1 is 1.28 bits per heavy atom. The quantitative estimate of drug-likeness (QED) is 0.831. The Hall–Kier alpha value is -1.88. The van der Waals surface area contributed by atoms with Gasteiger partial charge in [0, 0.05) is 26.2 Å². The molecule has 2 heterocycles. The van der Waals surface area contributed by atoms with Gasteiger partial charge in [0.25, 0.3) is 0 Å². The molecule has 0 spiro atoms. The van der Waals surface area contributed by atoms with E-state index in [9.17, 15) is 0 Å². The van der Waals surface area contributed by atoms with Crippen LogP contribution in [0.2, 0.25) is 0 Å². The number of aromatic amines is 1. The topological polar surface area (TPSA) is 56.8 Å². The molecule has 1 aliphatic rings. The minimum absolute atomic E-state index is 0.719. The smallest absolute Gasteiger partial charge is 0.244 e. The van der Waals surface area contributed by atoms with Crippen molar-refractivity contribution in [3.8, 4) is 11.4 Å². The number of H-pyrrole nitrogens is 1. The van der Waals surface area contributed by atoms with Gasteiger partial charge >= 0.3 is 0 Å². The summed E-state index contributed by atoms with van der Waals surface area (Å²) in [5, 5.41) is 10.6. The van der Waals surface area contributed by atoms with Gasteiger partial charge in [-0.2, -0.15) is 4.98 Å². The standard InChI is InChI=1S/C13H17N5/c1-18(2)13-15-12(16-17-13)11-5-3-4-9-8-14-7-6-10(9)11/h3-5,14H,6-8H2,1-2H3,(H,15,16,17). The van der Waals surface area contributed by atoms with Crippen LogP contribution in [0.1, 0.15) is 11.1 Å². The highest BCUT2D eigenvalue weighted by Crippen LogP contribution is 2.26. The molecule has 0 saturated heterocycles. The van der Waals surface area contributed by atoms with Gasteiger partial charge in [-0.3, -0.25) is 5.10 Å². The molecule has 5 heteroatoms. The van der Waals surface area contributed by atoms with Crippen LogP contribution in [0.5, 0.6) is 0 Å². The van der Waals surface area contributed by atoms with E-state index in [2.05, 4.69) is 38.7 Å². The lowest BCUT2D eigenvalue weighted by atomic mass is 9.95. The number of benzene rings is 1. The average Bonchev–Trinajstić information content (AvgIpc) is 2.87. The third-order valence-electron chi connectivity index (χ3n) is 3.27. The molecule has 0 aliphatic carbocycles. The van der Waals surface area contributed by atoms with E-state index in [1.807, 2.05) is 19.0 Å². The van der Waals surface area contributed by atoms with Crippen LogP contribution in [0.3, 0.4) is 0 Å². The van der Waals surface area contributed by atoms with Gasteiger partial charge in [0.15, 0.2) is 5.82 Å². The molecule has 94 valence electrons. The molecule has 0 bridgehead atoms. The number of nitrogens with zero attached hydrogens (tertiary/aromatic N) is 3. The van der Waals surface area contributed by atoms with E-state index in [-0.39, 0.29) is 0 Å². The van der Waals surface area contributed by atoms with E-state index in [1.54, 1.807) is 0 Å². The summed E-state index contributed by atoms with van der Waals surface area (Å²) in [5.41, 5.74) is 3.92. The summed E-state index contributed by atoms with van der Waals surface area (Å²) in [6.45, 7) is 1.97. The molecule has 2 N–H and O–H groups in total. The summed E-state index contributed by atoms with van der Waals surface area (Å²) in [4.78, 5) is 6.43. The summed E-state index contributed by atoms with van der Waals surface area (Å²) in [7, 11) is 3.88. The van der Waals surface area contributed by atoms with Crippen molar-refractivity contribution in [1.29, 1.82) is 0 Å². The van der Waals surface area contributed by atoms with Crippen LogP contribution in [-0.4, -0.2) is 35.8 Å². The zero-order valence-electron chi connectivity index (χ0n) is 10.7. The molecule has 0 saturated carbocycles. The van der Waals surface area contributed by atoms with Crippen LogP contribution in [0, 0.1) is 0 Å². The zero-order chi connectivity index (χ0) is 12.5. The van der Waals surface area contributed by atoms with Crippen molar-refractivity contribution >= 4 is 5.95 Å². The normalized spacial score (nSPS) is 14.3. The van der Waals surface area contributed by atoms with Crippen LogP contribution >= 0.6 is 0 Å². The zero-order valence-corrected chi connectivity index (χ0v) is 10.7. The second-order valence-corrected chi connectivity index (χ2v) is 4.75. The SMILES string of the molecule is CN(C)c1n[nH]c(-c2cccc3c2CCNC3)n1. The average molecular weight is 243 g/mol. The Morgan fingerprint density at radius 3 is 2.94 bits per heavy atom. The van der Waals surface area contributed by atoms with E-state index in [1.165, 1.54) is 16.7 Å². The molecule has 0 unspecified atom stereocenters. The van der Waals surface area contributed by atoms with Crippen molar-refractivity contribution < 1.29 is 0 Å². The summed E-state index contributed by atoms with van der Waals surface area (Å²) in [6.07, 6.45) is 1.05. The van der Waals surface area contributed by atoms with E-state index in [0.717, 1.165) is 31.3 Å². The largest absolute Gasteiger partial charge is 0.346 e. The molecular formula is C13H17N5. The van der Waals surface area contributed by atoms with Crippen LogP contribution in [-0.2, 0) is 13.0 Å². The van der Waals surface area contributed by atoms with E-state index >= 15 is 0 Å². The number of nitrogens with one attached hydrogen (secondary N) is 2. The van der Waals surface area contributed by atoms with Gasteiger partial charge in [0.1, 0.15) is 0 Å². The number of anilines is 1. The fourth-order valence-electron chi connectivity index (χ4n) is 2.33. The molecule has 0 radical (unpaired) electrons. The van der Waals surface area contributed by atoms with Crippen LogP contribution in [0.15, 0.2) is 18.2 Å². The first kappa shape index (κ1) is 11.2. The van der Waals surface area contributed by atoms with Gasteiger partial charge in [0.2, 0.25) is 5.95 Å². The highest BCUT2D eigenvalue weighted by Gasteiger charge is 2.16. The lowest BCUT2D eigenvalue weighted by Crippen LogP contribution is -2.24. The van der Waals surface area contributed by atoms with Gasteiger partial charge in [-0.15, -0.1) is 5.10 Å². The monoisotopic (exact) mass is 243 g/mol. The molecule has 2 aromatic rings. The molecule has 0 fully saturated rings. The molecule has 1 aromatic heterocycles. The Kier molecular flexibility index (Phi) is 2.76. The fourth-order valence-corrected chi connectivity index (χ4v) is 2.33. The predicted molar refractivity (Wildman–Crippen MR) is 71.6 cm³/mol. The van der Waals surface area contributed by atoms with Crippen LogP contribution < -0.4 is 10.2 Å². The second-order valence-electron chi connectivity index (χ2n) is 4.75. The molecule has 18 heavy (non-hydrogen) atoms. The summed E-state index contributed by atoms with van der Waals surface area (Å²) >= 11 is 0. The predicted octanol–water partition coefficient (Wildman–Crippen LogP) is 1.18. The molecule has 1 aromatic carbocycles. The van der Waals surface area contributed by atoms with Crippen LogP contribution in [0.4, 0.5) is 5.95 Å². The van der Waals surface area contributed by atoms with Gasteiger partial charge < -0.3 is 10.2 Å². The van der Waals surface area contributed by atoms with Crippen LogP contribution in [0.25, 0.3) is 11.4 Å². The maximum Gasteiger partial charge on any atom is 0.244 e. The van der Waals surface area contributed by atoms with Crippen molar-refractivity contribution in [1.82, 2.24) is 20.5 Å². The highest BCUT2D eigenvalue weighted by molar-refractivity contribution is 5.63. The number of rotatable bonds is 2. The number of fused-ring (bicyclic) bond motifs is 1. The maximum atomic E-state index is 4.53. The first-order valence-corrected chi connectivity index (χ1v) is 6.17. The van der Waals surface area contributed by atoms with Gasteiger partial charge in [-0.25, -0.2) is 0 Å². The van der Waals surface area contributed by atoms with Gasteiger partial charge in [-0.1, -0.05) is 18.2 Å². The first-order valence-electron chi connectivity index (χ1n) is 6.17. The van der Waals surface area contributed by atoms with E-state index < -0.39 is 0 Å². The number of hydrogen-bond acceptors (Lipinski definition) is 4. The third-order valence-corrected chi connectivity index (χ3v) is 3.27. The molecule has 1 aliphatic heterocycles. The minimum atomic E-state index is 0.719. The molecule has 0 atom stereocenters. The van der Waals surface area contributed by atoms with Crippen molar-refractivity contribution in [2.75, 3.05) is 25.5 Å². The second kappa shape index (κ2) is 4.42. The molecule has 3 rings (SSSR count). The van der Waals surface area contributed by atoms with Crippen molar-refractivity contribution in [2.24, 2.45) is 0 Å².